The molecule has 0 radical (unpaired) electrons. The fourth-order valence-corrected chi connectivity index (χ4v) is 3.19. The molecule has 0 unspecified atom stereocenters. The molecule has 3 rings (SSSR count). The fraction of sp³-hybridized carbons (Fsp3) is 0.235. The Kier molecular flexibility index (Phi) is 4.61. The van der Waals surface area contributed by atoms with Crippen LogP contribution in [0.2, 0.25) is 0 Å². The average molecular weight is 343 g/mol. The highest BCUT2D eigenvalue weighted by Gasteiger charge is 2.12. The number of ether oxygens (including phenoxy) is 2. The lowest BCUT2D eigenvalue weighted by molar-refractivity contribution is -0.114. The van der Waals surface area contributed by atoms with Crippen molar-refractivity contribution in [2.45, 2.75) is 13.8 Å². The van der Waals surface area contributed by atoms with Gasteiger partial charge in [0.15, 0.2) is 5.13 Å². The third-order valence-corrected chi connectivity index (χ3v) is 4.18. The molecule has 3 aromatic rings. The van der Waals surface area contributed by atoms with Gasteiger partial charge in [0, 0.05) is 18.6 Å². The molecule has 2 heterocycles. The van der Waals surface area contributed by atoms with Crippen LogP contribution in [0.4, 0.5) is 5.13 Å². The SMILES string of the molecule is CCOc1ccc(-c2ccc3nc(NC(C)=O)sc3n2)c(OC)c1. The van der Waals surface area contributed by atoms with E-state index in [1.165, 1.54) is 18.3 Å². The summed E-state index contributed by atoms with van der Waals surface area (Å²) in [5.41, 5.74) is 2.40. The van der Waals surface area contributed by atoms with E-state index in [0.717, 1.165) is 27.4 Å². The van der Waals surface area contributed by atoms with E-state index in [0.29, 0.717) is 17.5 Å². The van der Waals surface area contributed by atoms with Crippen LogP contribution in [0.25, 0.3) is 21.6 Å². The van der Waals surface area contributed by atoms with Crippen molar-refractivity contribution < 1.29 is 14.3 Å². The summed E-state index contributed by atoms with van der Waals surface area (Å²) in [5, 5.41) is 3.23. The number of aromatic nitrogens is 2. The number of thiazole rings is 1. The summed E-state index contributed by atoms with van der Waals surface area (Å²) in [7, 11) is 1.62. The van der Waals surface area contributed by atoms with E-state index in [2.05, 4.69) is 15.3 Å². The van der Waals surface area contributed by atoms with Crippen molar-refractivity contribution >= 4 is 32.7 Å². The van der Waals surface area contributed by atoms with Gasteiger partial charge in [-0.3, -0.25) is 4.79 Å². The Balaban J connectivity index is 2.01. The van der Waals surface area contributed by atoms with Gasteiger partial charge >= 0.3 is 0 Å². The topological polar surface area (TPSA) is 73.3 Å². The molecule has 0 aliphatic rings. The number of fused-ring (bicyclic) bond motifs is 1. The molecule has 0 saturated carbocycles. The summed E-state index contributed by atoms with van der Waals surface area (Å²) in [4.78, 5) is 20.9. The van der Waals surface area contributed by atoms with Gasteiger partial charge in [-0.05, 0) is 31.2 Å². The first-order valence-corrected chi connectivity index (χ1v) is 8.28. The standard InChI is InChI=1S/C17H17N3O3S/c1-4-23-11-5-6-12(15(9-11)22-3)13-7-8-14-16(19-13)24-17(20-14)18-10(2)21/h5-9H,4H2,1-3H3,(H,18,20,21). The van der Waals surface area contributed by atoms with Crippen LogP contribution in [0.5, 0.6) is 11.5 Å². The molecule has 0 fully saturated rings. The number of nitrogens with one attached hydrogen (secondary N) is 1. The highest BCUT2D eigenvalue weighted by atomic mass is 32.1. The first-order chi connectivity index (χ1) is 11.6. The summed E-state index contributed by atoms with van der Waals surface area (Å²) < 4.78 is 11.0. The van der Waals surface area contributed by atoms with Gasteiger partial charge in [-0.15, -0.1) is 0 Å². The Morgan fingerprint density at radius 2 is 2.08 bits per heavy atom. The van der Waals surface area contributed by atoms with Crippen LogP contribution in [0.3, 0.4) is 0 Å². The van der Waals surface area contributed by atoms with E-state index in [-0.39, 0.29) is 5.91 Å². The second kappa shape index (κ2) is 6.84. The molecule has 1 N–H and O–H groups in total. The van der Waals surface area contributed by atoms with Crippen molar-refractivity contribution in [3.8, 4) is 22.8 Å². The van der Waals surface area contributed by atoms with Crippen LogP contribution in [0.1, 0.15) is 13.8 Å². The molecule has 24 heavy (non-hydrogen) atoms. The molecule has 0 aliphatic heterocycles. The Hall–Kier alpha value is -2.67. The predicted octanol–water partition coefficient (Wildman–Crippen LogP) is 3.72. The van der Waals surface area contributed by atoms with Gasteiger partial charge in [0.1, 0.15) is 21.8 Å². The van der Waals surface area contributed by atoms with E-state index in [9.17, 15) is 4.79 Å². The molecule has 0 saturated heterocycles. The molecule has 0 atom stereocenters. The maximum absolute atomic E-state index is 11.2. The van der Waals surface area contributed by atoms with Crippen molar-refractivity contribution in [3.63, 3.8) is 0 Å². The normalized spacial score (nSPS) is 10.6. The molecule has 0 aliphatic carbocycles. The van der Waals surface area contributed by atoms with Crippen LogP contribution in [0, 0.1) is 0 Å². The van der Waals surface area contributed by atoms with E-state index in [4.69, 9.17) is 9.47 Å². The van der Waals surface area contributed by atoms with Gasteiger partial charge in [-0.25, -0.2) is 9.97 Å². The molecule has 124 valence electrons. The van der Waals surface area contributed by atoms with Crippen molar-refractivity contribution in [1.82, 2.24) is 9.97 Å². The summed E-state index contributed by atoms with van der Waals surface area (Å²) in [6.45, 7) is 3.99. The lowest BCUT2D eigenvalue weighted by Crippen LogP contribution is -2.04. The van der Waals surface area contributed by atoms with Gasteiger partial charge in [0.25, 0.3) is 0 Å². The lowest BCUT2D eigenvalue weighted by atomic mass is 10.1. The van der Waals surface area contributed by atoms with Crippen LogP contribution in [-0.4, -0.2) is 29.6 Å². The third-order valence-electron chi connectivity index (χ3n) is 3.30. The van der Waals surface area contributed by atoms with Crippen LogP contribution < -0.4 is 14.8 Å². The highest BCUT2D eigenvalue weighted by molar-refractivity contribution is 7.21. The number of amides is 1. The Morgan fingerprint density at radius 1 is 1.25 bits per heavy atom. The zero-order chi connectivity index (χ0) is 17.1. The summed E-state index contributed by atoms with van der Waals surface area (Å²) in [6, 6.07) is 9.43. The number of carbonyl (C=O) groups excluding carboxylic acids is 1. The molecule has 6 nitrogen and oxygen atoms in total. The van der Waals surface area contributed by atoms with Crippen LogP contribution in [0.15, 0.2) is 30.3 Å². The van der Waals surface area contributed by atoms with Crippen molar-refractivity contribution in [2.75, 3.05) is 19.0 Å². The van der Waals surface area contributed by atoms with E-state index in [1.54, 1.807) is 7.11 Å². The van der Waals surface area contributed by atoms with Gasteiger partial charge < -0.3 is 14.8 Å². The molecule has 0 spiro atoms. The second-order valence-electron chi connectivity index (χ2n) is 5.02. The Bertz CT molecular complexity index is 892. The molecule has 1 aromatic carbocycles. The van der Waals surface area contributed by atoms with E-state index < -0.39 is 0 Å². The highest BCUT2D eigenvalue weighted by Crippen LogP contribution is 2.34. The van der Waals surface area contributed by atoms with Crippen molar-refractivity contribution in [3.05, 3.63) is 30.3 Å². The predicted molar refractivity (Wildman–Crippen MR) is 94.9 cm³/mol. The van der Waals surface area contributed by atoms with Crippen molar-refractivity contribution in [1.29, 1.82) is 0 Å². The maximum Gasteiger partial charge on any atom is 0.223 e. The number of anilines is 1. The Labute approximate surface area is 143 Å². The van der Waals surface area contributed by atoms with Crippen LogP contribution >= 0.6 is 11.3 Å². The minimum Gasteiger partial charge on any atom is -0.496 e. The summed E-state index contributed by atoms with van der Waals surface area (Å²) in [6.07, 6.45) is 0. The van der Waals surface area contributed by atoms with Gasteiger partial charge in [0.2, 0.25) is 5.91 Å². The van der Waals surface area contributed by atoms with E-state index >= 15 is 0 Å². The monoisotopic (exact) mass is 343 g/mol. The van der Waals surface area contributed by atoms with Crippen molar-refractivity contribution in [2.24, 2.45) is 0 Å². The zero-order valence-electron chi connectivity index (χ0n) is 13.6. The Morgan fingerprint density at radius 3 is 2.79 bits per heavy atom. The molecule has 0 bridgehead atoms. The summed E-state index contributed by atoms with van der Waals surface area (Å²) >= 11 is 1.34. The first kappa shape index (κ1) is 16.2. The van der Waals surface area contributed by atoms with Gasteiger partial charge in [-0.1, -0.05) is 11.3 Å². The largest absolute Gasteiger partial charge is 0.496 e. The molecular formula is C17H17N3O3S. The number of nitrogens with zero attached hydrogens (tertiary/aromatic N) is 2. The fourth-order valence-electron chi connectivity index (χ4n) is 2.31. The zero-order valence-corrected chi connectivity index (χ0v) is 14.4. The number of pyridine rings is 1. The molecule has 7 heteroatoms. The minimum atomic E-state index is -0.150. The second-order valence-corrected chi connectivity index (χ2v) is 5.99. The van der Waals surface area contributed by atoms with Crippen LogP contribution in [-0.2, 0) is 4.79 Å². The molecule has 2 aromatic heterocycles. The lowest BCUT2D eigenvalue weighted by Gasteiger charge is -2.10. The number of carbonyl (C=O) groups is 1. The van der Waals surface area contributed by atoms with Gasteiger partial charge in [0.05, 0.1) is 19.4 Å². The maximum atomic E-state index is 11.2. The van der Waals surface area contributed by atoms with E-state index in [1.807, 2.05) is 37.3 Å². The average Bonchev–Trinajstić information content (AvgIpc) is 2.95. The summed E-state index contributed by atoms with van der Waals surface area (Å²) in [5.74, 6) is 1.30. The third kappa shape index (κ3) is 3.30. The quantitative estimate of drug-likeness (QED) is 0.764. The smallest absolute Gasteiger partial charge is 0.223 e. The van der Waals surface area contributed by atoms with Gasteiger partial charge in [-0.2, -0.15) is 0 Å². The minimum absolute atomic E-state index is 0.150. The first-order valence-electron chi connectivity index (χ1n) is 7.47. The number of methoxy groups -OCH3 is 1. The molecular weight excluding hydrogens is 326 g/mol. The number of hydrogen-bond acceptors (Lipinski definition) is 6. The number of rotatable bonds is 5. The molecule has 1 amide bonds. The number of hydrogen-bond donors (Lipinski definition) is 1. The number of benzene rings is 1.